The molecular formula is C18H33N3O. The zero-order valence-electron chi connectivity index (χ0n) is 14.6. The first-order chi connectivity index (χ1) is 10.8. The van der Waals surface area contributed by atoms with Crippen molar-refractivity contribution in [1.82, 2.24) is 15.3 Å². The Labute approximate surface area is 136 Å². The van der Waals surface area contributed by atoms with Gasteiger partial charge in [-0.15, -0.1) is 0 Å². The molecule has 0 saturated heterocycles. The molecule has 0 saturated carbocycles. The largest absolute Gasteiger partial charge is 0.464 e. The van der Waals surface area contributed by atoms with Gasteiger partial charge in [-0.1, -0.05) is 51.9 Å². The quantitative estimate of drug-likeness (QED) is 0.538. The van der Waals surface area contributed by atoms with E-state index >= 15 is 0 Å². The Hall–Kier alpha value is -1.16. The number of unbranched alkanes of at least 4 members (excludes halogenated alkanes) is 7. The average Bonchev–Trinajstić information content (AvgIpc) is 2.54. The molecule has 0 spiro atoms. The summed E-state index contributed by atoms with van der Waals surface area (Å²) in [5.74, 6) is 0. The first kappa shape index (κ1) is 18.9. The molecule has 126 valence electrons. The Kier molecular flexibility index (Phi) is 10.6. The first-order valence-electron chi connectivity index (χ1n) is 8.96. The smallest absolute Gasteiger partial charge is 0.316 e. The number of nitrogens with zero attached hydrogens (tertiary/aromatic N) is 2. The van der Waals surface area contributed by atoms with E-state index in [4.69, 9.17) is 4.74 Å². The molecule has 0 aliphatic heterocycles. The molecule has 1 rings (SSSR count). The summed E-state index contributed by atoms with van der Waals surface area (Å²) in [6.07, 6.45) is 14.6. The molecule has 0 unspecified atom stereocenters. The predicted octanol–water partition coefficient (Wildman–Crippen LogP) is 4.67. The van der Waals surface area contributed by atoms with Crippen molar-refractivity contribution in [2.24, 2.45) is 0 Å². The molecule has 0 radical (unpaired) electrons. The van der Waals surface area contributed by atoms with Gasteiger partial charge in [-0.25, -0.2) is 9.97 Å². The van der Waals surface area contributed by atoms with Crippen molar-refractivity contribution in [2.75, 3.05) is 13.2 Å². The van der Waals surface area contributed by atoms with E-state index in [1.165, 1.54) is 51.4 Å². The Bertz CT molecular complexity index is 367. The maximum absolute atomic E-state index is 5.26. The lowest BCUT2D eigenvalue weighted by molar-refractivity contribution is 0.311. The molecule has 0 aliphatic rings. The van der Waals surface area contributed by atoms with Crippen molar-refractivity contribution >= 4 is 0 Å². The fraction of sp³-hybridized carbons (Fsp3) is 0.778. The number of ether oxygens (including phenoxy) is 1. The van der Waals surface area contributed by atoms with Gasteiger partial charge in [0, 0.05) is 24.0 Å². The summed E-state index contributed by atoms with van der Waals surface area (Å²) in [5, 5.41) is 3.54. The molecule has 0 aromatic carbocycles. The SMILES string of the molecule is CCCCCCCCCCN[C@@H](C)c1cnc(OCC)nc1. The van der Waals surface area contributed by atoms with E-state index in [2.05, 4.69) is 29.1 Å². The second-order valence-corrected chi connectivity index (χ2v) is 5.88. The van der Waals surface area contributed by atoms with Crippen LogP contribution in [0.4, 0.5) is 0 Å². The molecule has 0 aliphatic carbocycles. The van der Waals surface area contributed by atoms with Crippen molar-refractivity contribution in [2.45, 2.75) is 78.2 Å². The normalized spacial score (nSPS) is 12.3. The van der Waals surface area contributed by atoms with Crippen LogP contribution in [0.5, 0.6) is 6.01 Å². The summed E-state index contributed by atoms with van der Waals surface area (Å²) in [4.78, 5) is 8.42. The highest BCUT2D eigenvalue weighted by Crippen LogP contribution is 2.12. The minimum atomic E-state index is 0.292. The molecule has 0 bridgehead atoms. The summed E-state index contributed by atoms with van der Waals surface area (Å²) >= 11 is 0. The Morgan fingerprint density at radius 1 is 0.955 bits per heavy atom. The fourth-order valence-corrected chi connectivity index (χ4v) is 2.45. The van der Waals surface area contributed by atoms with Crippen LogP contribution in [0.2, 0.25) is 0 Å². The average molecular weight is 307 g/mol. The molecule has 1 aromatic rings. The molecule has 1 atom stereocenters. The molecule has 1 aromatic heterocycles. The molecule has 22 heavy (non-hydrogen) atoms. The topological polar surface area (TPSA) is 47.0 Å². The van der Waals surface area contributed by atoms with Gasteiger partial charge < -0.3 is 10.1 Å². The van der Waals surface area contributed by atoms with E-state index in [1.807, 2.05) is 19.3 Å². The summed E-state index contributed by atoms with van der Waals surface area (Å²) in [7, 11) is 0. The van der Waals surface area contributed by atoms with Crippen molar-refractivity contribution < 1.29 is 4.74 Å². The third-order valence-electron chi connectivity index (χ3n) is 3.90. The lowest BCUT2D eigenvalue weighted by Gasteiger charge is -2.13. The zero-order valence-corrected chi connectivity index (χ0v) is 14.6. The van der Waals surface area contributed by atoms with E-state index in [1.54, 1.807) is 0 Å². The maximum Gasteiger partial charge on any atom is 0.316 e. The minimum absolute atomic E-state index is 0.292. The van der Waals surface area contributed by atoms with Crippen LogP contribution < -0.4 is 10.1 Å². The van der Waals surface area contributed by atoms with Crippen molar-refractivity contribution in [3.8, 4) is 6.01 Å². The molecule has 4 heteroatoms. The summed E-state index contributed by atoms with van der Waals surface area (Å²) in [5.41, 5.74) is 1.11. The first-order valence-corrected chi connectivity index (χ1v) is 8.96. The van der Waals surface area contributed by atoms with Crippen LogP contribution in [-0.4, -0.2) is 23.1 Å². The highest BCUT2D eigenvalue weighted by molar-refractivity contribution is 5.11. The van der Waals surface area contributed by atoms with Gasteiger partial charge in [-0.2, -0.15) is 0 Å². The second kappa shape index (κ2) is 12.4. The second-order valence-electron chi connectivity index (χ2n) is 5.88. The molecule has 4 nitrogen and oxygen atoms in total. The third-order valence-corrected chi connectivity index (χ3v) is 3.90. The molecule has 0 amide bonds. The number of hydrogen-bond acceptors (Lipinski definition) is 4. The third kappa shape index (κ3) is 8.32. The van der Waals surface area contributed by atoms with Crippen LogP contribution in [0.1, 0.15) is 83.7 Å². The highest BCUT2D eigenvalue weighted by atomic mass is 16.5. The van der Waals surface area contributed by atoms with Gasteiger partial charge in [0.25, 0.3) is 0 Å². The van der Waals surface area contributed by atoms with Gasteiger partial charge in [0.15, 0.2) is 0 Å². The fourth-order valence-electron chi connectivity index (χ4n) is 2.45. The van der Waals surface area contributed by atoms with Gasteiger partial charge >= 0.3 is 6.01 Å². The standard InChI is InChI=1S/C18H33N3O/c1-4-6-7-8-9-10-11-12-13-19-16(3)17-14-20-18(21-15-17)22-5-2/h14-16,19H,4-13H2,1-3H3/t16-/m0/s1. The van der Waals surface area contributed by atoms with E-state index in [0.29, 0.717) is 18.7 Å². The summed E-state index contributed by atoms with van der Waals surface area (Å²) in [6, 6.07) is 0.752. The van der Waals surface area contributed by atoms with Crippen LogP contribution in [0.15, 0.2) is 12.4 Å². The summed E-state index contributed by atoms with van der Waals surface area (Å²) < 4.78 is 5.26. The van der Waals surface area contributed by atoms with Gasteiger partial charge in [-0.05, 0) is 26.8 Å². The van der Waals surface area contributed by atoms with Gasteiger partial charge in [0.1, 0.15) is 0 Å². The number of nitrogens with one attached hydrogen (secondary N) is 1. The number of rotatable bonds is 13. The lowest BCUT2D eigenvalue weighted by atomic mass is 10.1. The van der Waals surface area contributed by atoms with Crippen molar-refractivity contribution in [3.63, 3.8) is 0 Å². The molecule has 1 heterocycles. The van der Waals surface area contributed by atoms with E-state index in [-0.39, 0.29) is 0 Å². The Morgan fingerprint density at radius 2 is 1.55 bits per heavy atom. The van der Waals surface area contributed by atoms with Gasteiger partial charge in [0.05, 0.1) is 6.61 Å². The molecule has 1 N–H and O–H groups in total. The van der Waals surface area contributed by atoms with E-state index in [9.17, 15) is 0 Å². The van der Waals surface area contributed by atoms with Gasteiger partial charge in [-0.3, -0.25) is 0 Å². The van der Waals surface area contributed by atoms with Crippen LogP contribution in [0.3, 0.4) is 0 Å². The van der Waals surface area contributed by atoms with Crippen molar-refractivity contribution in [1.29, 1.82) is 0 Å². The van der Waals surface area contributed by atoms with Crippen LogP contribution in [-0.2, 0) is 0 Å². The van der Waals surface area contributed by atoms with Crippen LogP contribution in [0, 0.1) is 0 Å². The lowest BCUT2D eigenvalue weighted by Crippen LogP contribution is -2.20. The predicted molar refractivity (Wildman–Crippen MR) is 92.2 cm³/mol. The Morgan fingerprint density at radius 3 is 2.14 bits per heavy atom. The number of aromatic nitrogens is 2. The monoisotopic (exact) mass is 307 g/mol. The number of hydrogen-bond donors (Lipinski definition) is 1. The molecular weight excluding hydrogens is 274 g/mol. The van der Waals surface area contributed by atoms with Crippen LogP contribution in [0.25, 0.3) is 0 Å². The van der Waals surface area contributed by atoms with Gasteiger partial charge in [0.2, 0.25) is 0 Å². The highest BCUT2D eigenvalue weighted by Gasteiger charge is 2.06. The van der Waals surface area contributed by atoms with Crippen molar-refractivity contribution in [3.05, 3.63) is 18.0 Å². The Balaban J connectivity index is 2.06. The zero-order chi connectivity index (χ0) is 16.0. The summed E-state index contributed by atoms with van der Waals surface area (Å²) in [6.45, 7) is 8.02. The maximum atomic E-state index is 5.26. The van der Waals surface area contributed by atoms with E-state index in [0.717, 1.165) is 12.1 Å². The molecule has 0 fully saturated rings. The van der Waals surface area contributed by atoms with Crippen LogP contribution >= 0.6 is 0 Å². The minimum Gasteiger partial charge on any atom is -0.464 e. The van der Waals surface area contributed by atoms with E-state index < -0.39 is 0 Å².